The zero-order valence-electron chi connectivity index (χ0n) is 7.58. The Labute approximate surface area is 69.2 Å². The maximum absolute atomic E-state index is 9.30. The predicted octanol–water partition coefficient (Wildman–Crippen LogP) is 1.56. The van der Waals surface area contributed by atoms with E-state index in [0.717, 1.165) is 25.7 Å². The highest BCUT2D eigenvalue weighted by atomic mass is 16.3. The first kappa shape index (κ1) is 10.9. The second kappa shape index (κ2) is 6.62. The standard InChI is InChI=1S/C9H20O2/c1-3-8(5-6-10)7-9(11)4-2/h8-11H,3-7H2,1-2H3. The van der Waals surface area contributed by atoms with Crippen LogP contribution >= 0.6 is 0 Å². The van der Waals surface area contributed by atoms with Crippen molar-refractivity contribution in [3.8, 4) is 0 Å². The third-order valence-electron chi connectivity index (χ3n) is 2.19. The van der Waals surface area contributed by atoms with Crippen LogP contribution in [0.3, 0.4) is 0 Å². The van der Waals surface area contributed by atoms with Gasteiger partial charge in [0.15, 0.2) is 0 Å². The molecule has 0 spiro atoms. The highest BCUT2D eigenvalue weighted by Crippen LogP contribution is 2.16. The number of hydrogen-bond donors (Lipinski definition) is 2. The van der Waals surface area contributed by atoms with Gasteiger partial charge in [-0.3, -0.25) is 0 Å². The molecule has 2 unspecified atom stereocenters. The van der Waals surface area contributed by atoms with Crippen molar-refractivity contribution in [2.24, 2.45) is 5.92 Å². The molecule has 0 aliphatic heterocycles. The molecule has 0 aromatic carbocycles. The zero-order chi connectivity index (χ0) is 8.69. The van der Waals surface area contributed by atoms with E-state index < -0.39 is 0 Å². The van der Waals surface area contributed by atoms with Crippen LogP contribution in [-0.4, -0.2) is 22.9 Å². The van der Waals surface area contributed by atoms with Crippen molar-refractivity contribution in [1.82, 2.24) is 0 Å². The Hall–Kier alpha value is -0.0800. The van der Waals surface area contributed by atoms with E-state index in [-0.39, 0.29) is 12.7 Å². The lowest BCUT2D eigenvalue weighted by atomic mass is 9.95. The molecule has 0 heterocycles. The number of hydrogen-bond acceptors (Lipinski definition) is 2. The summed E-state index contributed by atoms with van der Waals surface area (Å²) in [6.45, 7) is 4.33. The van der Waals surface area contributed by atoms with Gasteiger partial charge in [-0.2, -0.15) is 0 Å². The molecule has 2 heteroatoms. The van der Waals surface area contributed by atoms with E-state index in [9.17, 15) is 5.11 Å². The smallest absolute Gasteiger partial charge is 0.0540 e. The van der Waals surface area contributed by atoms with Gasteiger partial charge < -0.3 is 10.2 Å². The fourth-order valence-electron chi connectivity index (χ4n) is 1.22. The van der Waals surface area contributed by atoms with Crippen LogP contribution in [0.5, 0.6) is 0 Å². The SMILES string of the molecule is CCC(O)CC(CC)CCO. The molecule has 0 fully saturated rings. The average molecular weight is 160 g/mol. The first-order valence-corrected chi connectivity index (χ1v) is 4.53. The van der Waals surface area contributed by atoms with Gasteiger partial charge in [-0.1, -0.05) is 20.3 Å². The van der Waals surface area contributed by atoms with Crippen molar-refractivity contribution < 1.29 is 10.2 Å². The number of aliphatic hydroxyl groups excluding tert-OH is 2. The monoisotopic (exact) mass is 160 g/mol. The Kier molecular flexibility index (Phi) is 6.57. The minimum atomic E-state index is -0.175. The molecule has 0 aromatic heterocycles. The van der Waals surface area contributed by atoms with Crippen molar-refractivity contribution in [1.29, 1.82) is 0 Å². The molecular weight excluding hydrogens is 140 g/mol. The van der Waals surface area contributed by atoms with Gasteiger partial charge in [0.1, 0.15) is 0 Å². The van der Waals surface area contributed by atoms with Crippen molar-refractivity contribution in [2.75, 3.05) is 6.61 Å². The van der Waals surface area contributed by atoms with E-state index in [0.29, 0.717) is 5.92 Å². The van der Waals surface area contributed by atoms with E-state index in [1.165, 1.54) is 0 Å². The molecular formula is C9H20O2. The summed E-state index contributed by atoms with van der Waals surface area (Å²) in [7, 11) is 0. The summed E-state index contributed by atoms with van der Waals surface area (Å²) in [5, 5.41) is 18.0. The van der Waals surface area contributed by atoms with Crippen LogP contribution in [0.25, 0.3) is 0 Å². The Morgan fingerprint density at radius 1 is 1.18 bits per heavy atom. The normalized spacial score (nSPS) is 16.4. The van der Waals surface area contributed by atoms with E-state index >= 15 is 0 Å². The lowest BCUT2D eigenvalue weighted by Gasteiger charge is -2.16. The van der Waals surface area contributed by atoms with Crippen molar-refractivity contribution in [3.63, 3.8) is 0 Å². The average Bonchev–Trinajstić information content (AvgIpc) is 2.03. The third kappa shape index (κ3) is 5.22. The maximum Gasteiger partial charge on any atom is 0.0540 e. The highest BCUT2D eigenvalue weighted by molar-refractivity contribution is 4.62. The molecule has 68 valence electrons. The van der Waals surface area contributed by atoms with Crippen molar-refractivity contribution in [2.45, 2.75) is 45.6 Å². The molecule has 0 saturated heterocycles. The van der Waals surface area contributed by atoms with Gasteiger partial charge in [0.05, 0.1) is 6.10 Å². The second-order valence-corrected chi connectivity index (χ2v) is 3.08. The molecule has 0 saturated carbocycles. The van der Waals surface area contributed by atoms with Crippen LogP contribution in [0.2, 0.25) is 0 Å². The third-order valence-corrected chi connectivity index (χ3v) is 2.19. The second-order valence-electron chi connectivity index (χ2n) is 3.08. The molecule has 0 aliphatic rings. The Balaban J connectivity index is 3.49. The molecule has 0 radical (unpaired) electrons. The summed E-state index contributed by atoms with van der Waals surface area (Å²) in [5.74, 6) is 0.495. The van der Waals surface area contributed by atoms with Gasteiger partial charge in [-0.15, -0.1) is 0 Å². The van der Waals surface area contributed by atoms with Gasteiger partial charge in [-0.05, 0) is 25.2 Å². The van der Waals surface area contributed by atoms with Crippen LogP contribution in [0, 0.1) is 5.92 Å². The molecule has 2 nitrogen and oxygen atoms in total. The lowest BCUT2D eigenvalue weighted by molar-refractivity contribution is 0.126. The largest absolute Gasteiger partial charge is 0.396 e. The highest BCUT2D eigenvalue weighted by Gasteiger charge is 2.10. The molecule has 0 rings (SSSR count). The molecule has 0 bridgehead atoms. The molecule has 0 amide bonds. The molecule has 0 aliphatic carbocycles. The molecule has 2 atom stereocenters. The summed E-state index contributed by atoms with van der Waals surface area (Å²) in [6.07, 6.45) is 3.37. The summed E-state index contributed by atoms with van der Waals surface area (Å²) in [6, 6.07) is 0. The fraction of sp³-hybridized carbons (Fsp3) is 1.00. The van der Waals surface area contributed by atoms with E-state index in [1.54, 1.807) is 0 Å². The zero-order valence-corrected chi connectivity index (χ0v) is 7.58. The van der Waals surface area contributed by atoms with Gasteiger partial charge in [0, 0.05) is 6.61 Å². The van der Waals surface area contributed by atoms with Crippen molar-refractivity contribution in [3.05, 3.63) is 0 Å². The summed E-state index contributed by atoms with van der Waals surface area (Å²) >= 11 is 0. The Morgan fingerprint density at radius 3 is 2.18 bits per heavy atom. The number of aliphatic hydroxyl groups is 2. The fourth-order valence-corrected chi connectivity index (χ4v) is 1.22. The van der Waals surface area contributed by atoms with Gasteiger partial charge in [-0.25, -0.2) is 0 Å². The summed E-state index contributed by atoms with van der Waals surface area (Å²) in [4.78, 5) is 0. The maximum atomic E-state index is 9.30. The first-order chi connectivity index (χ1) is 5.24. The number of rotatable bonds is 6. The lowest BCUT2D eigenvalue weighted by Crippen LogP contribution is -2.13. The Morgan fingerprint density at radius 2 is 1.82 bits per heavy atom. The van der Waals surface area contributed by atoms with Crippen LogP contribution in [0.4, 0.5) is 0 Å². The summed E-state index contributed by atoms with van der Waals surface area (Å²) < 4.78 is 0. The van der Waals surface area contributed by atoms with Crippen LogP contribution in [-0.2, 0) is 0 Å². The topological polar surface area (TPSA) is 40.5 Å². The van der Waals surface area contributed by atoms with Crippen molar-refractivity contribution >= 4 is 0 Å². The van der Waals surface area contributed by atoms with Crippen LogP contribution in [0.15, 0.2) is 0 Å². The van der Waals surface area contributed by atoms with E-state index in [4.69, 9.17) is 5.11 Å². The van der Waals surface area contributed by atoms with Crippen LogP contribution in [0.1, 0.15) is 39.5 Å². The Bertz CT molecular complexity index is 83.6. The quantitative estimate of drug-likeness (QED) is 0.619. The van der Waals surface area contributed by atoms with Gasteiger partial charge in [0.2, 0.25) is 0 Å². The van der Waals surface area contributed by atoms with E-state index in [2.05, 4.69) is 6.92 Å². The molecule has 2 N–H and O–H groups in total. The molecule has 11 heavy (non-hydrogen) atoms. The van der Waals surface area contributed by atoms with Gasteiger partial charge >= 0.3 is 0 Å². The minimum Gasteiger partial charge on any atom is -0.396 e. The van der Waals surface area contributed by atoms with Crippen LogP contribution < -0.4 is 0 Å². The molecule has 0 aromatic rings. The minimum absolute atomic E-state index is 0.175. The van der Waals surface area contributed by atoms with E-state index in [1.807, 2.05) is 6.92 Å². The predicted molar refractivity (Wildman–Crippen MR) is 46.4 cm³/mol. The van der Waals surface area contributed by atoms with Gasteiger partial charge in [0.25, 0.3) is 0 Å². The first-order valence-electron chi connectivity index (χ1n) is 4.53. The summed E-state index contributed by atoms with van der Waals surface area (Å²) in [5.41, 5.74) is 0.